The maximum atomic E-state index is 5.84. The Morgan fingerprint density at radius 1 is 1.03 bits per heavy atom. The van der Waals surface area contributed by atoms with Gasteiger partial charge in [-0.1, -0.05) is 6.07 Å². The Bertz CT molecular complexity index is 1060. The lowest BCUT2D eigenvalue weighted by atomic mass is 10.0. The molecule has 4 heterocycles. The van der Waals surface area contributed by atoms with Gasteiger partial charge in [-0.3, -0.25) is 4.98 Å². The maximum absolute atomic E-state index is 5.84. The molecule has 0 aliphatic carbocycles. The summed E-state index contributed by atoms with van der Waals surface area (Å²) in [6.07, 6.45) is 6.29. The largest absolute Gasteiger partial charge is 0.478 e. The number of hydrogen-bond donors (Lipinski definition) is 0. The van der Waals surface area contributed by atoms with Crippen LogP contribution in [0.25, 0.3) is 22.0 Å². The van der Waals surface area contributed by atoms with Crippen molar-refractivity contribution in [1.29, 1.82) is 0 Å². The van der Waals surface area contributed by atoms with Crippen LogP contribution in [0.4, 0.5) is 11.4 Å². The van der Waals surface area contributed by atoms with Crippen LogP contribution in [0.2, 0.25) is 0 Å². The molecule has 1 aromatic carbocycles. The van der Waals surface area contributed by atoms with Crippen LogP contribution in [0, 0.1) is 0 Å². The quantitative estimate of drug-likeness (QED) is 0.531. The highest BCUT2D eigenvalue weighted by Crippen LogP contribution is 2.42. The Labute approximate surface area is 184 Å². The van der Waals surface area contributed by atoms with Crippen LogP contribution in [0.3, 0.4) is 0 Å². The number of fused-ring (bicyclic) bond motifs is 3. The van der Waals surface area contributed by atoms with Gasteiger partial charge in [0.05, 0.1) is 36.4 Å². The second-order valence-electron chi connectivity index (χ2n) is 8.91. The first kappa shape index (κ1) is 20.1. The van der Waals surface area contributed by atoms with E-state index in [1.54, 1.807) is 0 Å². The predicted molar refractivity (Wildman–Crippen MR) is 127 cm³/mol. The first-order valence-electron chi connectivity index (χ1n) is 11.3. The van der Waals surface area contributed by atoms with Crippen molar-refractivity contribution in [3.63, 3.8) is 0 Å². The highest BCUT2D eigenvalue weighted by molar-refractivity contribution is 6.02. The summed E-state index contributed by atoms with van der Waals surface area (Å²) in [5.74, 6) is 0.698. The molecule has 0 unspecified atom stereocenters. The molecule has 5 rings (SSSR count). The molecule has 0 amide bonds. The molecule has 31 heavy (non-hydrogen) atoms. The summed E-state index contributed by atoms with van der Waals surface area (Å²) in [5.41, 5.74) is 5.74. The zero-order chi connectivity index (χ0) is 21.4. The third-order valence-electron chi connectivity index (χ3n) is 6.39. The number of nitrogens with zero attached hydrogens (tertiary/aromatic N) is 5. The van der Waals surface area contributed by atoms with E-state index in [1.807, 2.05) is 18.5 Å². The van der Waals surface area contributed by atoms with E-state index in [-0.39, 0.29) is 0 Å². The standard InChI is InChI=1S/C25H31N5O/c1-18(2)30-17-28(3)23-16-26-22-8-6-19(14-21(22)25(23)30)20-7-9-24(27-15-20)31-13-5-12-29-10-4-11-29/h6-9,14-16,18H,4-5,10-13,17H2,1-3H3. The van der Waals surface area contributed by atoms with Crippen molar-refractivity contribution in [1.82, 2.24) is 14.9 Å². The molecule has 2 aliphatic rings. The zero-order valence-corrected chi connectivity index (χ0v) is 18.7. The van der Waals surface area contributed by atoms with Gasteiger partial charge in [0, 0.05) is 42.8 Å². The molecule has 2 aromatic heterocycles. The van der Waals surface area contributed by atoms with Crippen molar-refractivity contribution in [2.75, 3.05) is 49.8 Å². The number of hydrogen-bond acceptors (Lipinski definition) is 6. The monoisotopic (exact) mass is 417 g/mol. The number of pyridine rings is 2. The summed E-state index contributed by atoms with van der Waals surface area (Å²) in [5, 5.41) is 1.19. The minimum Gasteiger partial charge on any atom is -0.478 e. The fourth-order valence-corrected chi connectivity index (χ4v) is 4.43. The molecular weight excluding hydrogens is 386 g/mol. The first-order chi connectivity index (χ1) is 15.1. The van der Waals surface area contributed by atoms with Gasteiger partial charge in [0.15, 0.2) is 0 Å². The fraction of sp³-hybridized carbons (Fsp3) is 0.440. The third kappa shape index (κ3) is 3.92. The molecule has 3 aromatic rings. The van der Waals surface area contributed by atoms with Gasteiger partial charge >= 0.3 is 0 Å². The van der Waals surface area contributed by atoms with Crippen LogP contribution in [0.5, 0.6) is 5.88 Å². The van der Waals surface area contributed by atoms with Gasteiger partial charge in [0.1, 0.15) is 0 Å². The van der Waals surface area contributed by atoms with Gasteiger partial charge in [0.25, 0.3) is 0 Å². The zero-order valence-electron chi connectivity index (χ0n) is 18.7. The van der Waals surface area contributed by atoms with Crippen molar-refractivity contribution in [2.24, 2.45) is 0 Å². The van der Waals surface area contributed by atoms with Crippen LogP contribution in [-0.4, -0.2) is 60.9 Å². The fourth-order valence-electron chi connectivity index (χ4n) is 4.43. The number of rotatable bonds is 7. The van der Waals surface area contributed by atoms with E-state index in [2.05, 4.69) is 64.8 Å². The summed E-state index contributed by atoms with van der Waals surface area (Å²) >= 11 is 0. The highest BCUT2D eigenvalue weighted by Gasteiger charge is 2.28. The summed E-state index contributed by atoms with van der Waals surface area (Å²) in [7, 11) is 2.13. The van der Waals surface area contributed by atoms with Crippen LogP contribution >= 0.6 is 0 Å². The van der Waals surface area contributed by atoms with E-state index < -0.39 is 0 Å². The van der Waals surface area contributed by atoms with Crippen LogP contribution in [-0.2, 0) is 0 Å². The minimum absolute atomic E-state index is 0.428. The molecule has 162 valence electrons. The maximum Gasteiger partial charge on any atom is 0.213 e. The molecule has 1 saturated heterocycles. The predicted octanol–water partition coefficient (Wildman–Crippen LogP) is 4.39. The highest BCUT2D eigenvalue weighted by atomic mass is 16.5. The van der Waals surface area contributed by atoms with Gasteiger partial charge in [0.2, 0.25) is 5.88 Å². The number of likely N-dealkylation sites (tertiary alicyclic amines) is 1. The molecule has 0 saturated carbocycles. The molecular formula is C25H31N5O. The van der Waals surface area contributed by atoms with E-state index in [0.717, 1.165) is 42.9 Å². The Morgan fingerprint density at radius 3 is 2.58 bits per heavy atom. The Hall–Kier alpha value is -2.86. The van der Waals surface area contributed by atoms with Crippen molar-refractivity contribution >= 4 is 22.3 Å². The smallest absolute Gasteiger partial charge is 0.213 e. The number of benzene rings is 1. The Kier molecular flexibility index (Phi) is 5.40. The SMILES string of the molecule is CC(C)N1CN(C)c2cnc3ccc(-c4ccc(OCCCN5CCC5)nc4)cc3c21. The number of aromatic nitrogens is 2. The second-order valence-corrected chi connectivity index (χ2v) is 8.91. The molecule has 0 N–H and O–H groups in total. The summed E-state index contributed by atoms with van der Waals surface area (Å²) in [6, 6.07) is 11.0. The van der Waals surface area contributed by atoms with E-state index in [9.17, 15) is 0 Å². The van der Waals surface area contributed by atoms with Crippen molar-refractivity contribution in [3.8, 4) is 17.0 Å². The van der Waals surface area contributed by atoms with Gasteiger partial charge < -0.3 is 19.4 Å². The van der Waals surface area contributed by atoms with E-state index in [4.69, 9.17) is 9.72 Å². The number of anilines is 2. The third-order valence-corrected chi connectivity index (χ3v) is 6.39. The lowest BCUT2D eigenvalue weighted by Crippen LogP contribution is -2.38. The molecule has 6 nitrogen and oxygen atoms in total. The number of ether oxygens (including phenoxy) is 1. The molecule has 0 bridgehead atoms. The van der Waals surface area contributed by atoms with Crippen LogP contribution in [0.15, 0.2) is 42.7 Å². The molecule has 6 heteroatoms. The molecule has 1 fully saturated rings. The summed E-state index contributed by atoms with van der Waals surface area (Å²) in [6.45, 7) is 9.69. The first-order valence-corrected chi connectivity index (χ1v) is 11.3. The molecule has 0 spiro atoms. The topological polar surface area (TPSA) is 44.7 Å². The molecule has 0 atom stereocenters. The molecule has 0 radical (unpaired) electrons. The Balaban J connectivity index is 1.36. The summed E-state index contributed by atoms with van der Waals surface area (Å²) < 4.78 is 5.84. The second kappa shape index (κ2) is 8.35. The van der Waals surface area contributed by atoms with Crippen LogP contribution < -0.4 is 14.5 Å². The van der Waals surface area contributed by atoms with Crippen molar-refractivity contribution in [3.05, 3.63) is 42.7 Å². The lowest BCUT2D eigenvalue weighted by molar-refractivity contribution is 0.164. The van der Waals surface area contributed by atoms with Gasteiger partial charge in [-0.25, -0.2) is 4.98 Å². The average Bonchev–Trinajstić information content (AvgIpc) is 3.10. The van der Waals surface area contributed by atoms with E-state index in [1.165, 1.54) is 36.3 Å². The molecule has 2 aliphatic heterocycles. The van der Waals surface area contributed by atoms with Crippen LogP contribution in [0.1, 0.15) is 26.7 Å². The lowest BCUT2D eigenvalue weighted by Gasteiger charge is -2.30. The van der Waals surface area contributed by atoms with Crippen molar-refractivity contribution in [2.45, 2.75) is 32.7 Å². The van der Waals surface area contributed by atoms with Gasteiger partial charge in [-0.2, -0.15) is 0 Å². The minimum atomic E-state index is 0.428. The normalized spacial score (nSPS) is 16.1. The van der Waals surface area contributed by atoms with E-state index in [0.29, 0.717) is 11.9 Å². The summed E-state index contributed by atoms with van der Waals surface area (Å²) in [4.78, 5) is 16.4. The van der Waals surface area contributed by atoms with Gasteiger partial charge in [-0.15, -0.1) is 0 Å². The Morgan fingerprint density at radius 2 is 1.87 bits per heavy atom. The van der Waals surface area contributed by atoms with E-state index >= 15 is 0 Å². The average molecular weight is 418 g/mol. The van der Waals surface area contributed by atoms with Gasteiger partial charge in [-0.05, 0) is 63.5 Å². The van der Waals surface area contributed by atoms with Crippen molar-refractivity contribution < 1.29 is 4.74 Å².